The third kappa shape index (κ3) is 3.90. The van der Waals surface area contributed by atoms with E-state index in [0.717, 1.165) is 9.88 Å². The summed E-state index contributed by atoms with van der Waals surface area (Å²) < 4.78 is 0. The van der Waals surface area contributed by atoms with Gasteiger partial charge in [-0.2, -0.15) is 0 Å². The minimum absolute atomic E-state index is 0.131. The molecule has 0 saturated heterocycles. The van der Waals surface area contributed by atoms with Crippen molar-refractivity contribution in [2.75, 3.05) is 7.05 Å². The second-order valence-corrected chi connectivity index (χ2v) is 3.95. The van der Waals surface area contributed by atoms with Gasteiger partial charge in [0.15, 0.2) is 5.03 Å². The molecule has 1 aromatic heterocycles. The highest BCUT2D eigenvalue weighted by molar-refractivity contribution is 7.11. The molecule has 1 heterocycles. The number of thiazole rings is 1. The summed E-state index contributed by atoms with van der Waals surface area (Å²) in [7, 11) is 1.56. The van der Waals surface area contributed by atoms with Crippen LogP contribution in [0.25, 0.3) is 0 Å². The van der Waals surface area contributed by atoms with E-state index in [1.807, 2.05) is 6.92 Å². The van der Waals surface area contributed by atoms with E-state index in [1.165, 1.54) is 11.3 Å². The number of nitro groups is 1. The average molecular weight is 229 g/mol. The molecule has 0 aliphatic rings. The first-order valence-corrected chi connectivity index (χ1v) is 4.99. The molecule has 0 aromatic carbocycles. The first-order valence-electron chi connectivity index (χ1n) is 4.17. The fourth-order valence-corrected chi connectivity index (χ4v) is 1.65. The summed E-state index contributed by atoms with van der Waals surface area (Å²) in [6.07, 6.45) is 1.73. The lowest BCUT2D eigenvalue weighted by atomic mass is 10.5. The minimum Gasteiger partial charge on any atom is -0.354 e. The number of rotatable bonds is 3. The van der Waals surface area contributed by atoms with Gasteiger partial charge in [-0.05, 0) is 6.92 Å². The summed E-state index contributed by atoms with van der Waals surface area (Å²) in [5.74, 6) is 0.131. The number of aromatic nitrogens is 1. The van der Waals surface area contributed by atoms with Crippen molar-refractivity contribution in [3.63, 3.8) is 0 Å². The Hall–Kier alpha value is -1.70. The zero-order chi connectivity index (χ0) is 11.3. The summed E-state index contributed by atoms with van der Waals surface area (Å²) >= 11 is 1.53. The molecule has 0 aliphatic carbocycles. The third-order valence-electron chi connectivity index (χ3n) is 1.52. The van der Waals surface area contributed by atoms with Crippen molar-refractivity contribution in [3.8, 4) is 0 Å². The van der Waals surface area contributed by atoms with Gasteiger partial charge < -0.3 is 10.6 Å². The van der Waals surface area contributed by atoms with E-state index in [-0.39, 0.29) is 5.96 Å². The van der Waals surface area contributed by atoms with Crippen molar-refractivity contribution in [1.29, 1.82) is 0 Å². The molecule has 8 heteroatoms. The number of hydrazone groups is 1. The lowest BCUT2D eigenvalue weighted by molar-refractivity contribution is -0.485. The van der Waals surface area contributed by atoms with E-state index in [9.17, 15) is 10.1 Å². The molecule has 1 rings (SSSR count). The van der Waals surface area contributed by atoms with Crippen molar-refractivity contribution in [2.45, 2.75) is 13.5 Å². The molecule has 0 atom stereocenters. The Morgan fingerprint density at radius 1 is 1.80 bits per heavy atom. The van der Waals surface area contributed by atoms with Crippen LogP contribution in [0, 0.1) is 17.0 Å². The molecule has 0 bridgehead atoms. The predicted molar refractivity (Wildman–Crippen MR) is 57.2 cm³/mol. The van der Waals surface area contributed by atoms with Gasteiger partial charge in [-0.1, -0.05) is 0 Å². The third-order valence-corrected chi connectivity index (χ3v) is 2.43. The van der Waals surface area contributed by atoms with Crippen LogP contribution in [0.5, 0.6) is 0 Å². The zero-order valence-electron chi connectivity index (χ0n) is 8.35. The SMILES string of the molecule is CN/C(=N/[N+](=O)[O-])NCc1cnc(C)s1. The number of aryl methyl sites for hydroxylation is 1. The Balaban J connectivity index is 2.51. The molecule has 2 N–H and O–H groups in total. The van der Waals surface area contributed by atoms with E-state index in [4.69, 9.17) is 0 Å². The summed E-state index contributed by atoms with van der Waals surface area (Å²) in [4.78, 5) is 15.2. The summed E-state index contributed by atoms with van der Waals surface area (Å²) in [5, 5.41) is 18.8. The molecular weight excluding hydrogens is 218 g/mol. The Morgan fingerprint density at radius 2 is 2.53 bits per heavy atom. The average Bonchev–Trinajstić information content (AvgIpc) is 2.58. The maximum atomic E-state index is 10.1. The van der Waals surface area contributed by atoms with Gasteiger partial charge in [0.05, 0.1) is 11.6 Å². The lowest BCUT2D eigenvalue weighted by Gasteiger charge is -2.03. The molecule has 0 amide bonds. The van der Waals surface area contributed by atoms with Crippen molar-refractivity contribution in [3.05, 3.63) is 26.2 Å². The normalized spacial score (nSPS) is 11.2. The molecule has 15 heavy (non-hydrogen) atoms. The highest BCUT2D eigenvalue weighted by atomic mass is 32.1. The molecule has 0 saturated carbocycles. The number of nitrogens with zero attached hydrogens (tertiary/aromatic N) is 3. The van der Waals surface area contributed by atoms with E-state index >= 15 is 0 Å². The standard InChI is InChI=1S/C7H11N5O2S/c1-5-9-3-6(15-5)4-10-7(8-2)11-12(13)14/h3H,4H2,1-2H3,(H2,8,10,11). The fourth-order valence-electron chi connectivity index (χ4n) is 0.913. The lowest BCUT2D eigenvalue weighted by Crippen LogP contribution is -2.34. The number of nitrogens with one attached hydrogen (secondary N) is 2. The van der Waals surface area contributed by atoms with Crippen LogP contribution in [0.15, 0.2) is 11.3 Å². The molecule has 7 nitrogen and oxygen atoms in total. The highest BCUT2D eigenvalue weighted by Gasteiger charge is 2.03. The molecule has 0 aliphatic heterocycles. The first-order chi connectivity index (χ1) is 7.11. The van der Waals surface area contributed by atoms with Crippen LogP contribution in [-0.4, -0.2) is 23.0 Å². The molecule has 0 radical (unpaired) electrons. The monoisotopic (exact) mass is 229 g/mol. The maximum absolute atomic E-state index is 10.1. The van der Waals surface area contributed by atoms with E-state index in [2.05, 4.69) is 20.7 Å². The Labute approximate surface area is 90.4 Å². The van der Waals surface area contributed by atoms with E-state index in [1.54, 1.807) is 13.2 Å². The van der Waals surface area contributed by atoms with Crippen LogP contribution in [0.4, 0.5) is 0 Å². The van der Waals surface area contributed by atoms with Gasteiger partial charge in [0.1, 0.15) is 5.10 Å². The summed E-state index contributed by atoms with van der Waals surface area (Å²) in [6, 6.07) is 0. The second kappa shape index (κ2) is 5.25. The maximum Gasteiger partial charge on any atom is 0.268 e. The van der Waals surface area contributed by atoms with Crippen LogP contribution in [-0.2, 0) is 6.54 Å². The fraction of sp³-hybridized carbons (Fsp3) is 0.429. The van der Waals surface area contributed by atoms with Crippen LogP contribution in [0.1, 0.15) is 9.88 Å². The Morgan fingerprint density at radius 3 is 3.00 bits per heavy atom. The molecular formula is C7H11N5O2S. The summed E-state index contributed by atoms with van der Waals surface area (Å²) in [6.45, 7) is 2.37. The molecule has 1 aromatic rings. The van der Waals surface area contributed by atoms with Gasteiger partial charge in [-0.15, -0.1) is 11.3 Å². The van der Waals surface area contributed by atoms with Crippen molar-refractivity contribution in [1.82, 2.24) is 15.6 Å². The Bertz CT molecular complexity index is 375. The second-order valence-electron chi connectivity index (χ2n) is 2.64. The smallest absolute Gasteiger partial charge is 0.268 e. The number of guanidine groups is 1. The molecule has 0 spiro atoms. The topological polar surface area (TPSA) is 92.5 Å². The van der Waals surface area contributed by atoms with E-state index in [0.29, 0.717) is 6.54 Å². The highest BCUT2D eigenvalue weighted by Crippen LogP contribution is 2.10. The Kier molecular flexibility index (Phi) is 3.98. The largest absolute Gasteiger partial charge is 0.354 e. The minimum atomic E-state index is -0.753. The summed E-state index contributed by atoms with van der Waals surface area (Å²) in [5.41, 5.74) is 0. The predicted octanol–water partition coefficient (Wildman–Crippen LogP) is 0.308. The number of hydrogen-bond acceptors (Lipinski definition) is 4. The van der Waals surface area contributed by atoms with Crippen molar-refractivity contribution < 1.29 is 5.03 Å². The van der Waals surface area contributed by atoms with Crippen LogP contribution in [0.2, 0.25) is 0 Å². The van der Waals surface area contributed by atoms with Gasteiger partial charge in [0.25, 0.3) is 5.96 Å². The van der Waals surface area contributed by atoms with Gasteiger partial charge in [0, 0.05) is 18.1 Å². The van der Waals surface area contributed by atoms with Crippen LogP contribution < -0.4 is 10.6 Å². The zero-order valence-corrected chi connectivity index (χ0v) is 9.17. The first kappa shape index (κ1) is 11.4. The van der Waals surface area contributed by atoms with Gasteiger partial charge >= 0.3 is 0 Å². The molecule has 82 valence electrons. The van der Waals surface area contributed by atoms with Crippen molar-refractivity contribution in [2.24, 2.45) is 5.10 Å². The van der Waals surface area contributed by atoms with Crippen LogP contribution in [0.3, 0.4) is 0 Å². The molecule has 0 unspecified atom stereocenters. The van der Waals surface area contributed by atoms with E-state index < -0.39 is 5.03 Å². The van der Waals surface area contributed by atoms with Gasteiger partial charge in [-0.25, -0.2) is 15.1 Å². The van der Waals surface area contributed by atoms with Crippen LogP contribution >= 0.6 is 11.3 Å². The quantitative estimate of drug-likeness (QED) is 0.337. The van der Waals surface area contributed by atoms with Gasteiger partial charge in [0.2, 0.25) is 0 Å². The van der Waals surface area contributed by atoms with Crippen molar-refractivity contribution >= 4 is 17.3 Å². The van der Waals surface area contributed by atoms with Gasteiger partial charge in [-0.3, -0.25) is 0 Å². The number of hydrogen-bond donors (Lipinski definition) is 2. The molecule has 0 fully saturated rings.